The first-order valence-electron chi connectivity index (χ1n) is 4.65. The molecular weight excluding hydrogens is 212 g/mol. The van der Waals surface area contributed by atoms with Crippen LogP contribution in [-0.4, -0.2) is 14.8 Å². The standard InChI is InChI=1S/C10H11ClN4/c1-2-15-6-13-14-10(15)8-4-3-7(12)5-9(8)11/h3-6H,2,12H2,1H3. The van der Waals surface area contributed by atoms with Crippen LogP contribution < -0.4 is 5.73 Å². The van der Waals surface area contributed by atoms with E-state index in [0.29, 0.717) is 10.7 Å². The Bertz CT molecular complexity index is 478. The molecule has 0 aliphatic rings. The van der Waals surface area contributed by atoms with Crippen molar-refractivity contribution in [3.05, 3.63) is 29.5 Å². The van der Waals surface area contributed by atoms with Gasteiger partial charge in [0, 0.05) is 17.8 Å². The van der Waals surface area contributed by atoms with Crippen LogP contribution in [0.5, 0.6) is 0 Å². The monoisotopic (exact) mass is 222 g/mol. The molecule has 4 nitrogen and oxygen atoms in total. The van der Waals surface area contributed by atoms with Gasteiger partial charge in [-0.3, -0.25) is 0 Å². The molecule has 0 saturated heterocycles. The van der Waals surface area contributed by atoms with Crippen molar-refractivity contribution >= 4 is 17.3 Å². The Morgan fingerprint density at radius 3 is 2.93 bits per heavy atom. The van der Waals surface area contributed by atoms with Gasteiger partial charge < -0.3 is 10.3 Å². The van der Waals surface area contributed by atoms with Crippen molar-refractivity contribution in [2.75, 3.05) is 5.73 Å². The van der Waals surface area contributed by atoms with Gasteiger partial charge >= 0.3 is 0 Å². The van der Waals surface area contributed by atoms with Crippen LogP contribution in [0.4, 0.5) is 5.69 Å². The predicted molar refractivity (Wildman–Crippen MR) is 60.6 cm³/mol. The fraction of sp³-hybridized carbons (Fsp3) is 0.200. The van der Waals surface area contributed by atoms with E-state index in [2.05, 4.69) is 10.2 Å². The van der Waals surface area contributed by atoms with Gasteiger partial charge in [0.25, 0.3) is 0 Å². The molecule has 2 rings (SSSR count). The number of hydrogen-bond donors (Lipinski definition) is 1. The van der Waals surface area contributed by atoms with Crippen LogP contribution in [0.1, 0.15) is 6.92 Å². The lowest BCUT2D eigenvalue weighted by Crippen LogP contribution is -1.97. The number of nitrogens with two attached hydrogens (primary N) is 1. The van der Waals surface area contributed by atoms with Gasteiger partial charge in [0.2, 0.25) is 0 Å². The van der Waals surface area contributed by atoms with Crippen LogP contribution in [0.2, 0.25) is 5.02 Å². The molecule has 0 amide bonds. The largest absolute Gasteiger partial charge is 0.399 e. The molecule has 0 radical (unpaired) electrons. The Hall–Kier alpha value is -1.55. The molecule has 2 N–H and O–H groups in total. The molecule has 1 aromatic carbocycles. The average Bonchev–Trinajstić information content (AvgIpc) is 2.65. The Labute approximate surface area is 92.7 Å². The molecule has 0 aliphatic heterocycles. The molecule has 0 aliphatic carbocycles. The third kappa shape index (κ3) is 1.80. The van der Waals surface area contributed by atoms with Crippen LogP contribution in [0.3, 0.4) is 0 Å². The van der Waals surface area contributed by atoms with E-state index < -0.39 is 0 Å². The maximum Gasteiger partial charge on any atom is 0.165 e. The highest BCUT2D eigenvalue weighted by atomic mass is 35.5. The van der Waals surface area contributed by atoms with E-state index in [1.807, 2.05) is 17.6 Å². The van der Waals surface area contributed by atoms with Crippen LogP contribution in [0.15, 0.2) is 24.5 Å². The summed E-state index contributed by atoms with van der Waals surface area (Å²) in [5.74, 6) is 0.766. The van der Waals surface area contributed by atoms with E-state index in [4.69, 9.17) is 17.3 Å². The molecule has 0 saturated carbocycles. The lowest BCUT2D eigenvalue weighted by Gasteiger charge is -2.05. The first-order valence-corrected chi connectivity index (χ1v) is 5.03. The third-order valence-electron chi connectivity index (χ3n) is 2.19. The van der Waals surface area contributed by atoms with Crippen molar-refractivity contribution in [1.29, 1.82) is 0 Å². The molecule has 0 spiro atoms. The van der Waals surface area contributed by atoms with E-state index in [9.17, 15) is 0 Å². The fourth-order valence-corrected chi connectivity index (χ4v) is 1.68. The Balaban J connectivity index is 2.54. The SMILES string of the molecule is CCn1cnnc1-c1ccc(N)cc1Cl. The first kappa shape index (κ1) is 9.98. The molecule has 2 aromatic rings. The van der Waals surface area contributed by atoms with Crippen molar-refractivity contribution in [1.82, 2.24) is 14.8 Å². The highest BCUT2D eigenvalue weighted by Crippen LogP contribution is 2.27. The summed E-state index contributed by atoms with van der Waals surface area (Å²) in [6, 6.07) is 5.37. The zero-order valence-corrected chi connectivity index (χ0v) is 9.07. The average molecular weight is 223 g/mol. The highest BCUT2D eigenvalue weighted by molar-refractivity contribution is 6.33. The van der Waals surface area contributed by atoms with E-state index in [1.54, 1.807) is 18.5 Å². The molecule has 78 valence electrons. The van der Waals surface area contributed by atoms with Crippen molar-refractivity contribution in [2.24, 2.45) is 0 Å². The van der Waals surface area contributed by atoms with Crippen molar-refractivity contribution in [2.45, 2.75) is 13.5 Å². The lowest BCUT2D eigenvalue weighted by atomic mass is 10.2. The minimum Gasteiger partial charge on any atom is -0.399 e. The molecule has 15 heavy (non-hydrogen) atoms. The number of halogens is 1. The third-order valence-corrected chi connectivity index (χ3v) is 2.50. The van der Waals surface area contributed by atoms with Gasteiger partial charge in [-0.2, -0.15) is 0 Å². The molecule has 1 aromatic heterocycles. The van der Waals surface area contributed by atoms with E-state index >= 15 is 0 Å². The minimum atomic E-state index is 0.595. The zero-order valence-electron chi connectivity index (χ0n) is 8.31. The van der Waals surface area contributed by atoms with Crippen LogP contribution in [-0.2, 0) is 6.54 Å². The van der Waals surface area contributed by atoms with E-state index in [0.717, 1.165) is 17.9 Å². The molecule has 0 fully saturated rings. The number of anilines is 1. The number of rotatable bonds is 2. The highest BCUT2D eigenvalue weighted by Gasteiger charge is 2.09. The number of benzene rings is 1. The van der Waals surface area contributed by atoms with Crippen molar-refractivity contribution in [3.8, 4) is 11.4 Å². The molecule has 1 heterocycles. The molecule has 0 unspecified atom stereocenters. The topological polar surface area (TPSA) is 56.7 Å². The van der Waals surface area contributed by atoms with Crippen molar-refractivity contribution < 1.29 is 0 Å². The Kier molecular flexibility index (Phi) is 2.60. The number of aryl methyl sites for hydroxylation is 1. The Morgan fingerprint density at radius 2 is 2.27 bits per heavy atom. The Morgan fingerprint density at radius 1 is 1.47 bits per heavy atom. The maximum atomic E-state index is 6.09. The molecular formula is C10H11ClN4. The van der Waals surface area contributed by atoms with Gasteiger partial charge in [-0.1, -0.05) is 11.6 Å². The van der Waals surface area contributed by atoms with E-state index in [-0.39, 0.29) is 0 Å². The maximum absolute atomic E-state index is 6.09. The van der Waals surface area contributed by atoms with Gasteiger partial charge in [0.15, 0.2) is 5.82 Å². The fourth-order valence-electron chi connectivity index (χ4n) is 1.41. The quantitative estimate of drug-likeness (QED) is 0.793. The molecule has 0 atom stereocenters. The zero-order chi connectivity index (χ0) is 10.8. The summed E-state index contributed by atoms with van der Waals surface area (Å²) in [5.41, 5.74) is 7.12. The summed E-state index contributed by atoms with van der Waals surface area (Å²) in [6.45, 7) is 2.83. The number of aromatic nitrogens is 3. The number of nitrogens with zero attached hydrogens (tertiary/aromatic N) is 3. The predicted octanol–water partition coefficient (Wildman–Crippen LogP) is 2.20. The summed E-state index contributed by atoms with van der Waals surface area (Å²) in [4.78, 5) is 0. The van der Waals surface area contributed by atoms with Gasteiger partial charge in [-0.05, 0) is 25.1 Å². The van der Waals surface area contributed by atoms with Gasteiger partial charge in [0.1, 0.15) is 6.33 Å². The van der Waals surface area contributed by atoms with Crippen LogP contribution in [0.25, 0.3) is 11.4 Å². The normalized spacial score (nSPS) is 10.5. The van der Waals surface area contributed by atoms with Crippen molar-refractivity contribution in [3.63, 3.8) is 0 Å². The second-order valence-corrected chi connectivity index (χ2v) is 3.59. The summed E-state index contributed by atoms with van der Waals surface area (Å²) in [6.07, 6.45) is 1.68. The van der Waals surface area contributed by atoms with Gasteiger partial charge in [-0.15, -0.1) is 10.2 Å². The second-order valence-electron chi connectivity index (χ2n) is 3.18. The molecule has 0 bridgehead atoms. The van der Waals surface area contributed by atoms with Gasteiger partial charge in [-0.25, -0.2) is 0 Å². The minimum absolute atomic E-state index is 0.595. The van der Waals surface area contributed by atoms with E-state index in [1.165, 1.54) is 0 Å². The lowest BCUT2D eigenvalue weighted by molar-refractivity contribution is 0.767. The molecule has 5 heteroatoms. The number of hydrogen-bond acceptors (Lipinski definition) is 3. The summed E-state index contributed by atoms with van der Waals surface area (Å²) < 4.78 is 1.93. The van der Waals surface area contributed by atoms with Gasteiger partial charge in [0.05, 0.1) is 5.02 Å². The summed E-state index contributed by atoms with van der Waals surface area (Å²) in [7, 11) is 0. The van der Waals surface area contributed by atoms with Crippen LogP contribution >= 0.6 is 11.6 Å². The second kappa shape index (κ2) is 3.90. The van der Waals surface area contributed by atoms with Crippen LogP contribution in [0, 0.1) is 0 Å². The number of nitrogen functional groups attached to an aromatic ring is 1. The summed E-state index contributed by atoms with van der Waals surface area (Å²) in [5, 5.41) is 8.49. The smallest absolute Gasteiger partial charge is 0.165 e. The summed E-state index contributed by atoms with van der Waals surface area (Å²) >= 11 is 6.09. The first-order chi connectivity index (χ1) is 7.22.